The van der Waals surface area contributed by atoms with Crippen molar-refractivity contribution in [1.82, 2.24) is 14.8 Å². The van der Waals surface area contributed by atoms with Crippen molar-refractivity contribution in [2.45, 2.75) is 26.2 Å². The molecule has 0 aromatic carbocycles. The number of anilines is 2. The van der Waals surface area contributed by atoms with Gasteiger partial charge in [0, 0.05) is 18.8 Å². The molecule has 1 aliphatic carbocycles. The first-order chi connectivity index (χ1) is 9.54. The molecule has 0 amide bonds. The molecule has 2 heterocycles. The van der Waals surface area contributed by atoms with Crippen LogP contribution in [0.1, 0.15) is 28.9 Å². The van der Waals surface area contributed by atoms with E-state index in [0.29, 0.717) is 4.99 Å². The molecule has 0 aliphatic heterocycles. The number of aryl methyl sites for hydroxylation is 4. The van der Waals surface area contributed by atoms with Crippen LogP contribution in [-0.4, -0.2) is 19.8 Å². The van der Waals surface area contributed by atoms with Crippen molar-refractivity contribution < 1.29 is 0 Å². The molecule has 2 aromatic rings. The lowest BCUT2D eigenvalue weighted by Crippen LogP contribution is -2.15. The Morgan fingerprint density at radius 3 is 2.85 bits per heavy atom. The summed E-state index contributed by atoms with van der Waals surface area (Å²) in [5, 5.41) is 7.61. The third-order valence-electron chi connectivity index (χ3n) is 3.56. The van der Waals surface area contributed by atoms with Gasteiger partial charge in [-0.05, 0) is 37.8 Å². The monoisotopic (exact) mass is 287 g/mol. The molecular formula is C14H17N5S. The third kappa shape index (κ3) is 2.27. The SMILES string of the molecule is Cc1cc(Nc2nc3c(cc2C(N)=S)CCC3)n(C)n1. The van der Waals surface area contributed by atoms with Crippen molar-refractivity contribution in [3.63, 3.8) is 0 Å². The molecule has 0 bridgehead atoms. The molecule has 20 heavy (non-hydrogen) atoms. The fraction of sp³-hybridized carbons (Fsp3) is 0.357. The number of thiocarbonyl (C=S) groups is 1. The second-order valence-electron chi connectivity index (χ2n) is 5.13. The molecule has 5 nitrogen and oxygen atoms in total. The molecule has 0 fully saturated rings. The molecule has 2 aromatic heterocycles. The van der Waals surface area contributed by atoms with Crippen LogP contribution in [0.15, 0.2) is 12.1 Å². The van der Waals surface area contributed by atoms with E-state index in [0.717, 1.165) is 47.8 Å². The largest absolute Gasteiger partial charge is 0.389 e. The van der Waals surface area contributed by atoms with E-state index in [2.05, 4.69) is 16.5 Å². The highest BCUT2D eigenvalue weighted by molar-refractivity contribution is 7.80. The number of pyridine rings is 1. The highest BCUT2D eigenvalue weighted by Crippen LogP contribution is 2.27. The summed E-state index contributed by atoms with van der Waals surface area (Å²) >= 11 is 5.15. The third-order valence-corrected chi connectivity index (χ3v) is 3.78. The number of nitrogens with one attached hydrogen (secondary N) is 1. The van der Waals surface area contributed by atoms with E-state index in [9.17, 15) is 0 Å². The predicted molar refractivity (Wildman–Crippen MR) is 83.4 cm³/mol. The van der Waals surface area contributed by atoms with Gasteiger partial charge >= 0.3 is 0 Å². The Kier molecular flexibility index (Phi) is 3.17. The van der Waals surface area contributed by atoms with Crippen molar-refractivity contribution in [3.05, 3.63) is 34.6 Å². The van der Waals surface area contributed by atoms with Gasteiger partial charge < -0.3 is 11.1 Å². The molecule has 3 rings (SSSR count). The van der Waals surface area contributed by atoms with Gasteiger partial charge in [-0.25, -0.2) is 4.98 Å². The molecule has 0 spiro atoms. The highest BCUT2D eigenvalue weighted by Gasteiger charge is 2.18. The van der Waals surface area contributed by atoms with Crippen LogP contribution in [-0.2, 0) is 19.9 Å². The van der Waals surface area contributed by atoms with E-state index in [-0.39, 0.29) is 0 Å². The van der Waals surface area contributed by atoms with Gasteiger partial charge in [-0.1, -0.05) is 12.2 Å². The molecular weight excluding hydrogens is 270 g/mol. The molecule has 104 valence electrons. The molecule has 0 saturated heterocycles. The molecule has 0 saturated carbocycles. The average molecular weight is 287 g/mol. The Labute approximate surface area is 123 Å². The molecule has 0 unspecified atom stereocenters. The van der Waals surface area contributed by atoms with Crippen LogP contribution in [0.2, 0.25) is 0 Å². The maximum atomic E-state index is 5.83. The van der Waals surface area contributed by atoms with Gasteiger partial charge in [0.1, 0.15) is 16.6 Å². The zero-order valence-corrected chi connectivity index (χ0v) is 12.4. The minimum Gasteiger partial charge on any atom is -0.389 e. The number of rotatable bonds is 3. The van der Waals surface area contributed by atoms with Gasteiger partial charge in [-0.15, -0.1) is 0 Å². The molecule has 3 N–H and O–H groups in total. The van der Waals surface area contributed by atoms with Gasteiger partial charge in [-0.2, -0.15) is 5.10 Å². The van der Waals surface area contributed by atoms with Gasteiger partial charge in [0.25, 0.3) is 0 Å². The summed E-state index contributed by atoms with van der Waals surface area (Å²) < 4.78 is 1.79. The van der Waals surface area contributed by atoms with Crippen LogP contribution in [0.4, 0.5) is 11.6 Å². The minimum absolute atomic E-state index is 0.369. The fourth-order valence-electron chi connectivity index (χ4n) is 2.60. The van der Waals surface area contributed by atoms with Crippen molar-refractivity contribution in [1.29, 1.82) is 0 Å². The Hall–Kier alpha value is -1.95. The zero-order chi connectivity index (χ0) is 14.3. The van der Waals surface area contributed by atoms with Gasteiger partial charge in [0.05, 0.1) is 11.3 Å². The smallest absolute Gasteiger partial charge is 0.142 e. The van der Waals surface area contributed by atoms with E-state index in [1.807, 2.05) is 20.0 Å². The lowest BCUT2D eigenvalue weighted by Gasteiger charge is -2.12. The van der Waals surface area contributed by atoms with E-state index in [1.165, 1.54) is 5.56 Å². The fourth-order valence-corrected chi connectivity index (χ4v) is 2.76. The first-order valence-electron chi connectivity index (χ1n) is 6.65. The summed E-state index contributed by atoms with van der Waals surface area (Å²) in [6.45, 7) is 1.95. The van der Waals surface area contributed by atoms with E-state index < -0.39 is 0 Å². The van der Waals surface area contributed by atoms with Crippen molar-refractivity contribution in [2.75, 3.05) is 5.32 Å². The summed E-state index contributed by atoms with van der Waals surface area (Å²) in [5.74, 6) is 1.60. The predicted octanol–water partition coefficient (Wildman–Crippen LogP) is 1.99. The summed E-state index contributed by atoms with van der Waals surface area (Å²) in [6.07, 6.45) is 3.22. The van der Waals surface area contributed by atoms with Gasteiger partial charge in [0.15, 0.2) is 0 Å². The second-order valence-corrected chi connectivity index (χ2v) is 5.57. The topological polar surface area (TPSA) is 68.8 Å². The van der Waals surface area contributed by atoms with Crippen LogP contribution in [0.3, 0.4) is 0 Å². The summed E-state index contributed by atoms with van der Waals surface area (Å²) in [6, 6.07) is 4.04. The molecule has 0 atom stereocenters. The number of hydrogen-bond donors (Lipinski definition) is 2. The number of aromatic nitrogens is 3. The van der Waals surface area contributed by atoms with E-state index in [4.69, 9.17) is 22.9 Å². The number of hydrogen-bond acceptors (Lipinski definition) is 4. The Bertz CT molecular complexity index is 689. The number of nitrogens with zero attached hydrogens (tertiary/aromatic N) is 3. The molecule has 6 heteroatoms. The van der Waals surface area contributed by atoms with E-state index >= 15 is 0 Å². The van der Waals surface area contributed by atoms with Crippen molar-refractivity contribution in [3.8, 4) is 0 Å². The minimum atomic E-state index is 0.369. The van der Waals surface area contributed by atoms with Crippen molar-refractivity contribution >= 4 is 28.8 Å². The maximum Gasteiger partial charge on any atom is 0.142 e. The van der Waals surface area contributed by atoms with Crippen molar-refractivity contribution in [2.24, 2.45) is 12.8 Å². The lowest BCUT2D eigenvalue weighted by atomic mass is 10.1. The number of nitrogens with two attached hydrogens (primary N) is 1. The van der Waals surface area contributed by atoms with Crippen LogP contribution in [0, 0.1) is 6.92 Å². The van der Waals surface area contributed by atoms with Gasteiger partial charge in [0.2, 0.25) is 0 Å². The quantitative estimate of drug-likeness (QED) is 0.845. The molecule has 0 radical (unpaired) electrons. The Morgan fingerprint density at radius 2 is 2.20 bits per heavy atom. The normalized spacial score (nSPS) is 13.3. The zero-order valence-electron chi connectivity index (χ0n) is 11.6. The molecule has 1 aliphatic rings. The summed E-state index contributed by atoms with van der Waals surface area (Å²) in [4.78, 5) is 5.07. The highest BCUT2D eigenvalue weighted by atomic mass is 32.1. The maximum absolute atomic E-state index is 5.83. The Balaban J connectivity index is 2.04. The van der Waals surface area contributed by atoms with Gasteiger partial charge in [-0.3, -0.25) is 4.68 Å². The second kappa shape index (κ2) is 4.86. The standard InChI is InChI=1S/C14H17N5S/c1-8-6-12(19(2)18-8)17-14-10(13(15)20)7-9-4-3-5-11(9)16-14/h6-7H,3-5H2,1-2H3,(H2,15,20)(H,16,17). The number of fused-ring (bicyclic) bond motifs is 1. The first-order valence-corrected chi connectivity index (χ1v) is 7.05. The summed E-state index contributed by atoms with van der Waals surface area (Å²) in [5.41, 5.74) is 10.00. The summed E-state index contributed by atoms with van der Waals surface area (Å²) in [7, 11) is 1.89. The first kappa shape index (κ1) is 13.1. The Morgan fingerprint density at radius 1 is 1.40 bits per heavy atom. The average Bonchev–Trinajstić information content (AvgIpc) is 2.94. The van der Waals surface area contributed by atoms with Crippen LogP contribution in [0.25, 0.3) is 0 Å². The van der Waals surface area contributed by atoms with Crippen LogP contribution < -0.4 is 11.1 Å². The van der Waals surface area contributed by atoms with Crippen LogP contribution >= 0.6 is 12.2 Å². The van der Waals surface area contributed by atoms with E-state index in [1.54, 1.807) is 4.68 Å². The van der Waals surface area contributed by atoms with Crippen LogP contribution in [0.5, 0.6) is 0 Å². The lowest BCUT2D eigenvalue weighted by molar-refractivity contribution is 0.764.